The Morgan fingerprint density at radius 1 is 1.05 bits per heavy atom. The Balaban J connectivity index is 1.41. The Labute approximate surface area is 238 Å². The molecule has 2 atom stereocenters. The Morgan fingerprint density at radius 2 is 1.83 bits per heavy atom. The summed E-state index contributed by atoms with van der Waals surface area (Å²) in [4.78, 5) is 34.9. The molecule has 1 N–H and O–H groups in total. The summed E-state index contributed by atoms with van der Waals surface area (Å²) < 4.78 is 25.0. The number of carbonyl (C=O) groups excluding carboxylic acids is 2. The second-order valence-corrected chi connectivity index (χ2v) is 11.0. The van der Waals surface area contributed by atoms with E-state index in [9.17, 15) is 14.0 Å². The predicted octanol–water partition coefficient (Wildman–Crippen LogP) is 5.38. The van der Waals surface area contributed by atoms with Gasteiger partial charge in [0.15, 0.2) is 17.0 Å². The minimum Gasteiger partial charge on any atom is -0.493 e. The summed E-state index contributed by atoms with van der Waals surface area (Å²) in [5, 5.41) is 1.03. The molecule has 1 aromatic heterocycles. The first kappa shape index (κ1) is 26.9. The fourth-order valence-electron chi connectivity index (χ4n) is 6.30. The van der Waals surface area contributed by atoms with Gasteiger partial charge in [-0.2, -0.15) is 0 Å². The molecule has 0 radical (unpaired) electrons. The molecule has 0 aliphatic carbocycles. The molecule has 1 fully saturated rings. The number of aromatic amines is 1. The van der Waals surface area contributed by atoms with E-state index >= 15 is 0 Å². The van der Waals surface area contributed by atoms with Crippen molar-refractivity contribution in [3.05, 3.63) is 94.9 Å². The number of hydrogen-bond acceptors (Lipinski definition) is 4. The van der Waals surface area contributed by atoms with Gasteiger partial charge in [-0.25, -0.2) is 4.39 Å². The summed E-state index contributed by atoms with van der Waals surface area (Å²) in [6.07, 6.45) is 1.42. The highest BCUT2D eigenvalue weighted by Gasteiger charge is 2.56. The van der Waals surface area contributed by atoms with Crippen LogP contribution in [0.3, 0.4) is 0 Å². The highest BCUT2D eigenvalue weighted by molar-refractivity contribution is 6.01. The maximum atomic E-state index is 14.2. The van der Waals surface area contributed by atoms with E-state index in [0.717, 1.165) is 39.7 Å². The number of hydrogen-bond donors (Lipinski definition) is 1. The number of fused-ring (bicyclic) bond motifs is 5. The minimum absolute atomic E-state index is 0.00498. The second kappa shape index (κ2) is 10.6. The number of aromatic nitrogens is 1. The van der Waals surface area contributed by atoms with Gasteiger partial charge < -0.3 is 24.3 Å². The van der Waals surface area contributed by atoms with Crippen molar-refractivity contribution in [2.45, 2.75) is 38.1 Å². The monoisotopic (exact) mass is 555 g/mol. The van der Waals surface area contributed by atoms with Gasteiger partial charge in [0, 0.05) is 29.9 Å². The van der Waals surface area contributed by atoms with Crippen molar-refractivity contribution in [3.63, 3.8) is 0 Å². The molecule has 2 amide bonds. The van der Waals surface area contributed by atoms with Crippen LogP contribution in [0, 0.1) is 5.82 Å². The molecule has 212 valence electrons. The number of piperazine rings is 1. The number of amides is 2. The molecule has 0 bridgehead atoms. The number of carbonyl (C=O) groups is 2. The number of nitrogens with one attached hydrogen (secondary N) is 1. The number of rotatable bonds is 8. The van der Waals surface area contributed by atoms with E-state index in [0.29, 0.717) is 37.6 Å². The molecule has 7 nitrogen and oxygen atoms in total. The van der Waals surface area contributed by atoms with E-state index in [1.165, 1.54) is 12.1 Å². The van der Waals surface area contributed by atoms with E-state index in [-0.39, 0.29) is 30.1 Å². The average molecular weight is 556 g/mol. The number of nitrogens with zero attached hydrogens (tertiary/aromatic N) is 2. The van der Waals surface area contributed by atoms with Crippen molar-refractivity contribution < 1.29 is 23.5 Å². The van der Waals surface area contributed by atoms with Gasteiger partial charge in [0.1, 0.15) is 5.82 Å². The van der Waals surface area contributed by atoms with Crippen LogP contribution in [0.5, 0.6) is 11.5 Å². The van der Waals surface area contributed by atoms with Crippen LogP contribution in [0.1, 0.15) is 48.6 Å². The van der Waals surface area contributed by atoms with Crippen molar-refractivity contribution in [3.8, 4) is 11.5 Å². The average Bonchev–Trinajstić information content (AvgIpc) is 3.39. The van der Waals surface area contributed by atoms with Crippen molar-refractivity contribution in [2.75, 3.05) is 33.4 Å². The predicted molar refractivity (Wildman–Crippen MR) is 155 cm³/mol. The number of methoxy groups -OCH3 is 1. The quantitative estimate of drug-likeness (QED) is 0.317. The van der Waals surface area contributed by atoms with Crippen molar-refractivity contribution in [1.29, 1.82) is 0 Å². The molecule has 0 saturated carbocycles. The number of benzene rings is 3. The van der Waals surface area contributed by atoms with Crippen LogP contribution in [0.15, 0.2) is 66.7 Å². The second-order valence-electron chi connectivity index (χ2n) is 11.0. The molecule has 0 spiro atoms. The zero-order valence-corrected chi connectivity index (χ0v) is 23.6. The summed E-state index contributed by atoms with van der Waals surface area (Å²) in [6.45, 7) is 5.23. The molecule has 6 rings (SSSR count). The van der Waals surface area contributed by atoms with Gasteiger partial charge in [-0.1, -0.05) is 43.3 Å². The highest BCUT2D eigenvalue weighted by Crippen LogP contribution is 2.49. The third kappa shape index (κ3) is 4.51. The molecular weight excluding hydrogens is 521 g/mol. The fraction of sp³-hybridized carbons (Fsp3) is 0.333. The number of para-hydroxylation sites is 1. The lowest BCUT2D eigenvalue weighted by Gasteiger charge is -2.51. The molecule has 4 aromatic rings. The normalized spacial score (nSPS) is 20.2. The SMILES string of the molecule is CCCOc1ccc([C@H]2CN3C(=O)CN(CCc4ccc(F)cc4)C(=O)[C@]3(C)c3[nH]c4ccccc4c32)cc1OC. The highest BCUT2D eigenvalue weighted by atomic mass is 19.1. The van der Waals surface area contributed by atoms with Gasteiger partial charge in [0.25, 0.3) is 5.91 Å². The van der Waals surface area contributed by atoms with E-state index in [2.05, 4.69) is 18.0 Å². The molecule has 0 unspecified atom stereocenters. The topological polar surface area (TPSA) is 74.9 Å². The first-order chi connectivity index (χ1) is 19.8. The number of ether oxygens (including phenoxy) is 2. The van der Waals surface area contributed by atoms with Crippen LogP contribution in [0.2, 0.25) is 0 Å². The van der Waals surface area contributed by atoms with E-state index in [4.69, 9.17) is 9.47 Å². The first-order valence-corrected chi connectivity index (χ1v) is 14.1. The van der Waals surface area contributed by atoms with E-state index in [1.807, 2.05) is 43.3 Å². The molecule has 1 saturated heterocycles. The first-order valence-electron chi connectivity index (χ1n) is 14.1. The summed E-state index contributed by atoms with van der Waals surface area (Å²) in [7, 11) is 1.63. The van der Waals surface area contributed by atoms with Crippen LogP contribution in [-0.2, 0) is 21.5 Å². The Bertz CT molecular complexity index is 1610. The van der Waals surface area contributed by atoms with Crippen LogP contribution >= 0.6 is 0 Å². The van der Waals surface area contributed by atoms with Crippen LogP contribution in [0.25, 0.3) is 10.9 Å². The molecular formula is C33H34FN3O4. The lowest BCUT2D eigenvalue weighted by Crippen LogP contribution is -2.67. The Morgan fingerprint density at radius 3 is 2.59 bits per heavy atom. The van der Waals surface area contributed by atoms with Gasteiger partial charge in [0.2, 0.25) is 5.91 Å². The van der Waals surface area contributed by atoms with Gasteiger partial charge in [0.05, 0.1) is 26.0 Å². The Hall–Kier alpha value is -4.33. The van der Waals surface area contributed by atoms with Gasteiger partial charge >= 0.3 is 0 Å². The van der Waals surface area contributed by atoms with Gasteiger partial charge in [-0.3, -0.25) is 9.59 Å². The smallest absolute Gasteiger partial charge is 0.254 e. The third-order valence-corrected chi connectivity index (χ3v) is 8.45. The van der Waals surface area contributed by atoms with Crippen LogP contribution < -0.4 is 9.47 Å². The van der Waals surface area contributed by atoms with Crippen molar-refractivity contribution >= 4 is 22.7 Å². The maximum absolute atomic E-state index is 14.2. The lowest BCUT2D eigenvalue weighted by molar-refractivity contribution is -0.166. The van der Waals surface area contributed by atoms with Gasteiger partial charge in [-0.15, -0.1) is 0 Å². The lowest BCUT2D eigenvalue weighted by atomic mass is 9.76. The molecule has 8 heteroatoms. The van der Waals surface area contributed by atoms with E-state index in [1.54, 1.807) is 29.0 Å². The molecule has 2 aliphatic heterocycles. The van der Waals surface area contributed by atoms with Crippen LogP contribution in [0.4, 0.5) is 4.39 Å². The summed E-state index contributed by atoms with van der Waals surface area (Å²) in [5.74, 6) is 0.621. The molecule has 2 aliphatic rings. The number of H-pyrrole nitrogens is 1. The van der Waals surface area contributed by atoms with Crippen LogP contribution in [-0.4, -0.2) is 59.9 Å². The zero-order chi connectivity index (χ0) is 28.7. The van der Waals surface area contributed by atoms with Gasteiger partial charge in [-0.05, 0) is 66.8 Å². The van der Waals surface area contributed by atoms with Crippen molar-refractivity contribution in [2.24, 2.45) is 0 Å². The number of halogens is 1. The molecule has 41 heavy (non-hydrogen) atoms. The van der Waals surface area contributed by atoms with Crippen molar-refractivity contribution in [1.82, 2.24) is 14.8 Å². The maximum Gasteiger partial charge on any atom is 0.254 e. The summed E-state index contributed by atoms with van der Waals surface area (Å²) >= 11 is 0. The summed E-state index contributed by atoms with van der Waals surface area (Å²) in [5.41, 5.74) is 3.39. The molecule has 3 heterocycles. The largest absolute Gasteiger partial charge is 0.493 e. The third-order valence-electron chi connectivity index (χ3n) is 8.45. The zero-order valence-electron chi connectivity index (χ0n) is 23.6. The van der Waals surface area contributed by atoms with E-state index < -0.39 is 5.54 Å². The minimum atomic E-state index is -1.18. The standard InChI is InChI=1S/C33H34FN3O4/c1-4-17-41-27-14-11-22(18-28(27)40-3)25-19-37-29(38)20-36(16-15-21-9-12-23(34)13-10-21)32(39)33(37,2)31-30(25)24-7-5-6-8-26(24)35-31/h5-14,18,25,35H,4,15-17,19-20H2,1-3H3/t25-,33+/m1/s1. The fourth-order valence-corrected chi connectivity index (χ4v) is 6.30. The summed E-state index contributed by atoms with van der Waals surface area (Å²) in [6, 6.07) is 20.2. The molecule has 3 aromatic carbocycles. The Kier molecular flexibility index (Phi) is 6.93.